The van der Waals surface area contributed by atoms with Crippen molar-refractivity contribution in [3.8, 4) is 11.5 Å². The van der Waals surface area contributed by atoms with E-state index in [-0.39, 0.29) is 30.7 Å². The van der Waals surface area contributed by atoms with Crippen LogP contribution in [0, 0.1) is 0 Å². The molecule has 1 N–H and O–H groups in total. The van der Waals surface area contributed by atoms with Gasteiger partial charge < -0.3 is 19.7 Å². The Labute approximate surface area is 227 Å². The third kappa shape index (κ3) is 7.00. The Balaban J connectivity index is 1.99. The highest BCUT2D eigenvalue weighted by atomic mass is 35.5. The molecule has 0 fully saturated rings. The van der Waals surface area contributed by atoms with Crippen LogP contribution >= 0.6 is 23.2 Å². The van der Waals surface area contributed by atoms with Crippen molar-refractivity contribution in [2.45, 2.75) is 46.2 Å². The van der Waals surface area contributed by atoms with Crippen molar-refractivity contribution in [3.05, 3.63) is 52.0 Å². The van der Waals surface area contributed by atoms with Crippen molar-refractivity contribution >= 4 is 50.7 Å². The van der Waals surface area contributed by atoms with E-state index in [0.29, 0.717) is 40.1 Å². The molecule has 9 nitrogen and oxygen atoms in total. The summed E-state index contributed by atoms with van der Waals surface area (Å²) in [4.78, 5) is 28.2. The average molecular weight is 573 g/mol. The summed E-state index contributed by atoms with van der Waals surface area (Å²) in [5.74, 6) is -0.237. The summed E-state index contributed by atoms with van der Waals surface area (Å²) in [5, 5.41) is 3.60. The molecule has 1 aliphatic heterocycles. The first kappa shape index (κ1) is 28.9. The SMILES string of the molecule is CCCNC(=O)C(CC)N(Cc1ccc(Cl)cc1Cl)C(=O)CN(c1ccc2c(c1)OCO2)S(=O)(=O)CC. The fourth-order valence-electron chi connectivity index (χ4n) is 3.88. The number of halogens is 2. The number of carbonyl (C=O) groups is 2. The monoisotopic (exact) mass is 571 g/mol. The van der Waals surface area contributed by atoms with Crippen LogP contribution in [0.25, 0.3) is 0 Å². The van der Waals surface area contributed by atoms with Gasteiger partial charge in [-0.2, -0.15) is 0 Å². The summed E-state index contributed by atoms with van der Waals surface area (Å²) in [7, 11) is -3.87. The minimum atomic E-state index is -3.87. The second-order valence-electron chi connectivity index (χ2n) is 8.42. The third-order valence-electron chi connectivity index (χ3n) is 5.91. The molecule has 0 spiro atoms. The van der Waals surface area contributed by atoms with Crippen molar-refractivity contribution in [2.75, 3.05) is 29.9 Å². The number of fused-ring (bicyclic) bond motifs is 1. The zero-order valence-corrected chi connectivity index (χ0v) is 23.3. The van der Waals surface area contributed by atoms with Crippen molar-refractivity contribution in [1.82, 2.24) is 10.2 Å². The minimum absolute atomic E-state index is 0.00591. The highest BCUT2D eigenvalue weighted by Gasteiger charge is 2.33. The fourth-order valence-corrected chi connectivity index (χ4v) is 5.40. The van der Waals surface area contributed by atoms with Crippen molar-refractivity contribution in [1.29, 1.82) is 0 Å². The maximum atomic E-state index is 13.8. The number of amides is 2. The second-order valence-corrected chi connectivity index (χ2v) is 11.4. The van der Waals surface area contributed by atoms with E-state index in [0.717, 1.165) is 10.7 Å². The molecule has 2 aromatic rings. The van der Waals surface area contributed by atoms with Gasteiger partial charge in [0.05, 0.1) is 11.4 Å². The van der Waals surface area contributed by atoms with Gasteiger partial charge in [0.15, 0.2) is 11.5 Å². The zero-order chi connectivity index (χ0) is 27.2. The van der Waals surface area contributed by atoms with Crippen LogP contribution in [-0.2, 0) is 26.2 Å². The molecule has 1 aliphatic rings. The summed E-state index contributed by atoms with van der Waals surface area (Å²) < 4.78 is 37.9. The number of anilines is 1. The van der Waals surface area contributed by atoms with Crippen LogP contribution in [0.2, 0.25) is 10.0 Å². The van der Waals surface area contributed by atoms with Gasteiger partial charge in [-0.15, -0.1) is 0 Å². The lowest BCUT2D eigenvalue weighted by atomic mass is 10.1. The molecular formula is C25H31Cl2N3O6S. The normalized spacial score (nSPS) is 13.2. The molecule has 12 heteroatoms. The number of benzene rings is 2. The van der Waals surface area contributed by atoms with E-state index in [1.807, 2.05) is 6.92 Å². The number of nitrogens with zero attached hydrogens (tertiary/aromatic N) is 2. The van der Waals surface area contributed by atoms with Crippen LogP contribution in [0.4, 0.5) is 5.69 Å². The smallest absolute Gasteiger partial charge is 0.244 e. The van der Waals surface area contributed by atoms with Crippen molar-refractivity contribution in [3.63, 3.8) is 0 Å². The lowest BCUT2D eigenvalue weighted by molar-refractivity contribution is -0.140. The first-order valence-electron chi connectivity index (χ1n) is 12.0. The maximum absolute atomic E-state index is 13.8. The summed E-state index contributed by atoms with van der Waals surface area (Å²) in [5.41, 5.74) is 0.835. The molecule has 3 rings (SSSR count). The van der Waals surface area contributed by atoms with Gasteiger partial charge >= 0.3 is 0 Å². The van der Waals surface area contributed by atoms with Gasteiger partial charge in [0, 0.05) is 29.2 Å². The van der Waals surface area contributed by atoms with Gasteiger partial charge in [-0.25, -0.2) is 8.42 Å². The zero-order valence-electron chi connectivity index (χ0n) is 21.0. The Morgan fingerprint density at radius 2 is 1.78 bits per heavy atom. The van der Waals surface area contributed by atoms with Crippen molar-refractivity contribution < 1.29 is 27.5 Å². The van der Waals surface area contributed by atoms with Gasteiger partial charge in [-0.1, -0.05) is 43.1 Å². The van der Waals surface area contributed by atoms with E-state index in [1.54, 1.807) is 37.3 Å². The molecule has 1 heterocycles. The standard InChI is InChI=1S/C25H31Cl2N3O6S/c1-4-11-28-25(32)21(5-2)29(14-17-7-8-18(26)12-20(17)27)24(31)15-30(37(33,34)6-3)19-9-10-22-23(13-19)36-16-35-22/h7-10,12-13,21H,4-6,11,14-16H2,1-3H3,(H,28,32). The lowest BCUT2D eigenvalue weighted by Crippen LogP contribution is -2.52. The topological polar surface area (TPSA) is 105 Å². The number of carbonyl (C=O) groups excluding carboxylic acids is 2. The first-order valence-corrected chi connectivity index (χ1v) is 14.4. The number of ether oxygens (including phenoxy) is 2. The van der Waals surface area contributed by atoms with Gasteiger partial charge in [-0.3, -0.25) is 13.9 Å². The van der Waals surface area contributed by atoms with Crippen molar-refractivity contribution in [2.24, 2.45) is 0 Å². The third-order valence-corrected chi connectivity index (χ3v) is 8.24. The Bertz CT molecular complexity index is 1240. The quantitative estimate of drug-likeness (QED) is 0.409. The number of nitrogens with one attached hydrogen (secondary N) is 1. The number of hydrogen-bond donors (Lipinski definition) is 1. The molecule has 0 saturated carbocycles. The Kier molecular flexibility index (Phi) is 9.92. The van der Waals surface area contributed by atoms with E-state index in [2.05, 4.69) is 5.32 Å². The molecule has 1 atom stereocenters. The minimum Gasteiger partial charge on any atom is -0.454 e. The molecule has 1 unspecified atom stereocenters. The molecule has 0 aliphatic carbocycles. The van der Waals surface area contributed by atoms with Crippen LogP contribution in [0.3, 0.4) is 0 Å². The van der Waals surface area contributed by atoms with Crippen LogP contribution in [0.5, 0.6) is 11.5 Å². The van der Waals surface area contributed by atoms with Gasteiger partial charge in [0.2, 0.25) is 28.6 Å². The van der Waals surface area contributed by atoms with E-state index < -0.39 is 28.5 Å². The molecule has 0 aromatic heterocycles. The summed E-state index contributed by atoms with van der Waals surface area (Å²) in [6.07, 6.45) is 1.04. The van der Waals surface area contributed by atoms with E-state index >= 15 is 0 Å². The molecule has 0 saturated heterocycles. The van der Waals surface area contributed by atoms with E-state index in [4.69, 9.17) is 32.7 Å². The fraction of sp³-hybridized carbons (Fsp3) is 0.440. The van der Waals surface area contributed by atoms with Crippen LogP contribution < -0.4 is 19.1 Å². The largest absolute Gasteiger partial charge is 0.454 e. The average Bonchev–Trinajstić information content (AvgIpc) is 3.34. The molecule has 2 amide bonds. The molecule has 0 bridgehead atoms. The Morgan fingerprint density at radius 1 is 1.05 bits per heavy atom. The molecule has 37 heavy (non-hydrogen) atoms. The van der Waals surface area contributed by atoms with Gasteiger partial charge in [0.25, 0.3) is 0 Å². The van der Waals surface area contributed by atoms with Crippen LogP contribution in [-0.4, -0.2) is 56.8 Å². The Morgan fingerprint density at radius 3 is 2.43 bits per heavy atom. The lowest BCUT2D eigenvalue weighted by Gasteiger charge is -2.33. The van der Waals surface area contributed by atoms with Crippen LogP contribution in [0.1, 0.15) is 39.2 Å². The molecule has 2 aromatic carbocycles. The second kappa shape index (κ2) is 12.7. The summed E-state index contributed by atoms with van der Waals surface area (Å²) >= 11 is 12.4. The number of rotatable bonds is 12. The summed E-state index contributed by atoms with van der Waals surface area (Å²) in [6, 6.07) is 8.71. The number of sulfonamides is 1. The van der Waals surface area contributed by atoms with Gasteiger partial charge in [0.1, 0.15) is 12.6 Å². The predicted molar refractivity (Wildman–Crippen MR) is 144 cm³/mol. The molecular weight excluding hydrogens is 541 g/mol. The maximum Gasteiger partial charge on any atom is 0.244 e. The Hall–Kier alpha value is -2.69. The molecule has 202 valence electrons. The first-order chi connectivity index (χ1) is 17.6. The molecule has 0 radical (unpaired) electrons. The highest BCUT2D eigenvalue weighted by molar-refractivity contribution is 7.92. The summed E-state index contributed by atoms with van der Waals surface area (Å²) in [6.45, 7) is 5.17. The number of hydrogen-bond acceptors (Lipinski definition) is 6. The highest BCUT2D eigenvalue weighted by Crippen LogP contribution is 2.36. The van der Waals surface area contributed by atoms with E-state index in [1.165, 1.54) is 17.9 Å². The van der Waals surface area contributed by atoms with Crippen LogP contribution in [0.15, 0.2) is 36.4 Å². The van der Waals surface area contributed by atoms with Gasteiger partial charge in [-0.05, 0) is 49.6 Å². The van der Waals surface area contributed by atoms with E-state index in [9.17, 15) is 18.0 Å². The predicted octanol–water partition coefficient (Wildman–Crippen LogP) is 4.21.